The van der Waals surface area contributed by atoms with Gasteiger partial charge in [-0.2, -0.15) is 0 Å². The molecule has 0 radical (unpaired) electrons. The molecule has 1 aromatic rings. The maximum atomic E-state index is 12.1. The van der Waals surface area contributed by atoms with Crippen molar-refractivity contribution in [2.24, 2.45) is 5.92 Å². The van der Waals surface area contributed by atoms with E-state index in [2.05, 4.69) is 5.32 Å². The number of methoxy groups -OCH3 is 1. The van der Waals surface area contributed by atoms with Gasteiger partial charge in [-0.1, -0.05) is 32.0 Å². The quantitative estimate of drug-likeness (QED) is 0.833. The van der Waals surface area contributed by atoms with Gasteiger partial charge in [-0.05, 0) is 19.0 Å². The van der Waals surface area contributed by atoms with Crippen LogP contribution in [0.3, 0.4) is 0 Å². The summed E-state index contributed by atoms with van der Waals surface area (Å²) in [7, 11) is 0.274. The first-order valence-corrected chi connectivity index (χ1v) is 8.22. The molecule has 5 heteroatoms. The molecule has 1 unspecified atom stereocenters. The van der Waals surface area contributed by atoms with Crippen molar-refractivity contribution in [1.82, 2.24) is 5.32 Å². The van der Waals surface area contributed by atoms with E-state index in [9.17, 15) is 8.42 Å². The van der Waals surface area contributed by atoms with Crippen molar-refractivity contribution in [3.8, 4) is 5.75 Å². The lowest BCUT2D eigenvalue weighted by atomic mass is 10.1. The summed E-state index contributed by atoms with van der Waals surface area (Å²) in [5.74, 6) is 1.14. The van der Waals surface area contributed by atoms with Gasteiger partial charge in [0.25, 0.3) is 0 Å². The van der Waals surface area contributed by atoms with E-state index in [0.29, 0.717) is 5.75 Å². The Bertz CT molecular complexity index is 497. The summed E-state index contributed by atoms with van der Waals surface area (Å²) in [6, 6.07) is 7.24. The summed E-state index contributed by atoms with van der Waals surface area (Å²) in [5.41, 5.74) is 0.875. The number of hydrogen-bond acceptors (Lipinski definition) is 4. The molecule has 0 aromatic heterocycles. The number of sulfone groups is 1. The lowest BCUT2D eigenvalue weighted by molar-refractivity contribution is 0.404. The van der Waals surface area contributed by atoms with E-state index in [4.69, 9.17) is 4.74 Å². The molecule has 1 aromatic carbocycles. The van der Waals surface area contributed by atoms with Crippen molar-refractivity contribution in [3.63, 3.8) is 0 Å². The van der Waals surface area contributed by atoms with Crippen LogP contribution in [0.15, 0.2) is 24.3 Å². The van der Waals surface area contributed by atoms with Gasteiger partial charge >= 0.3 is 0 Å². The highest BCUT2D eigenvalue weighted by molar-refractivity contribution is 7.91. The van der Waals surface area contributed by atoms with Crippen LogP contribution >= 0.6 is 0 Å². The first-order valence-electron chi connectivity index (χ1n) is 6.40. The molecule has 0 aliphatic rings. The van der Waals surface area contributed by atoms with E-state index in [1.807, 2.05) is 38.1 Å². The molecule has 0 saturated heterocycles. The zero-order valence-electron chi connectivity index (χ0n) is 12.0. The highest BCUT2D eigenvalue weighted by atomic mass is 32.2. The van der Waals surface area contributed by atoms with E-state index in [0.717, 1.165) is 5.56 Å². The molecule has 19 heavy (non-hydrogen) atoms. The van der Waals surface area contributed by atoms with Crippen LogP contribution in [0.2, 0.25) is 0 Å². The largest absolute Gasteiger partial charge is 0.496 e. The van der Waals surface area contributed by atoms with E-state index in [1.54, 1.807) is 14.2 Å². The third-order valence-corrected chi connectivity index (χ3v) is 4.89. The topological polar surface area (TPSA) is 55.4 Å². The van der Waals surface area contributed by atoms with Crippen LogP contribution in [0.1, 0.15) is 25.5 Å². The molecule has 4 nitrogen and oxygen atoms in total. The van der Waals surface area contributed by atoms with Gasteiger partial charge in [0, 0.05) is 11.6 Å². The molecular formula is C14H23NO3S. The molecule has 0 spiro atoms. The summed E-state index contributed by atoms with van der Waals surface area (Å²) in [6.07, 6.45) is 0. The lowest BCUT2D eigenvalue weighted by Gasteiger charge is -2.19. The Balaban J connectivity index is 2.95. The van der Waals surface area contributed by atoms with Crippen LogP contribution in [-0.4, -0.2) is 34.1 Å². The van der Waals surface area contributed by atoms with E-state index in [-0.39, 0.29) is 23.5 Å². The Morgan fingerprint density at radius 1 is 1.21 bits per heavy atom. The molecule has 0 saturated carbocycles. The lowest BCUT2D eigenvalue weighted by Crippen LogP contribution is -2.28. The van der Waals surface area contributed by atoms with Gasteiger partial charge in [0.05, 0.1) is 18.6 Å². The van der Waals surface area contributed by atoms with Crippen LogP contribution in [0.5, 0.6) is 5.75 Å². The average Bonchev–Trinajstić information content (AvgIpc) is 2.34. The first-order chi connectivity index (χ1) is 8.89. The molecule has 1 N–H and O–H groups in total. The van der Waals surface area contributed by atoms with Crippen molar-refractivity contribution >= 4 is 9.84 Å². The van der Waals surface area contributed by atoms with Crippen LogP contribution in [0, 0.1) is 5.92 Å². The minimum atomic E-state index is -3.08. The number of para-hydroxylation sites is 1. The van der Waals surface area contributed by atoms with Gasteiger partial charge in [0.1, 0.15) is 5.75 Å². The monoisotopic (exact) mass is 285 g/mol. The van der Waals surface area contributed by atoms with Crippen molar-refractivity contribution < 1.29 is 13.2 Å². The zero-order chi connectivity index (χ0) is 14.5. The van der Waals surface area contributed by atoms with Gasteiger partial charge < -0.3 is 10.1 Å². The van der Waals surface area contributed by atoms with Gasteiger partial charge in [-0.25, -0.2) is 8.42 Å². The maximum Gasteiger partial charge on any atom is 0.152 e. The Morgan fingerprint density at radius 2 is 1.84 bits per heavy atom. The highest BCUT2D eigenvalue weighted by Crippen LogP contribution is 2.26. The summed E-state index contributed by atoms with van der Waals surface area (Å²) >= 11 is 0. The average molecular weight is 285 g/mol. The fraction of sp³-hybridized carbons (Fsp3) is 0.571. The molecule has 1 atom stereocenters. The number of ether oxygens (including phenoxy) is 1. The van der Waals surface area contributed by atoms with E-state index < -0.39 is 9.84 Å². The normalized spacial score (nSPS) is 13.5. The Morgan fingerprint density at radius 3 is 2.37 bits per heavy atom. The van der Waals surface area contributed by atoms with Gasteiger partial charge in [0.15, 0.2) is 9.84 Å². The van der Waals surface area contributed by atoms with Gasteiger partial charge in [-0.15, -0.1) is 0 Å². The van der Waals surface area contributed by atoms with Crippen LogP contribution in [0.25, 0.3) is 0 Å². The van der Waals surface area contributed by atoms with Crippen molar-refractivity contribution in [1.29, 1.82) is 0 Å². The number of hydrogen-bond donors (Lipinski definition) is 1. The number of benzene rings is 1. The summed E-state index contributed by atoms with van der Waals surface area (Å²) < 4.78 is 29.5. The molecule has 0 bridgehead atoms. The predicted molar refractivity (Wildman–Crippen MR) is 78.3 cm³/mol. The molecule has 1 rings (SSSR count). The molecule has 0 fully saturated rings. The standard InChI is InChI=1S/C14H23NO3S/c1-11(2)9-19(16,17)10-13(15-3)12-7-5-6-8-14(12)18-4/h5-8,11,13,15H,9-10H2,1-4H3. The summed E-state index contributed by atoms with van der Waals surface area (Å²) in [4.78, 5) is 0. The molecule has 108 valence electrons. The van der Waals surface area contributed by atoms with Crippen LogP contribution < -0.4 is 10.1 Å². The first kappa shape index (κ1) is 16.0. The molecule has 0 amide bonds. The third kappa shape index (κ3) is 4.84. The number of nitrogens with one attached hydrogen (secondary N) is 1. The SMILES string of the molecule is CNC(CS(=O)(=O)CC(C)C)c1ccccc1OC. The van der Waals surface area contributed by atoms with Gasteiger partial charge in [-0.3, -0.25) is 0 Å². The zero-order valence-corrected chi connectivity index (χ0v) is 12.8. The minimum absolute atomic E-state index is 0.0854. The third-order valence-electron chi connectivity index (χ3n) is 2.87. The Labute approximate surface area is 116 Å². The van der Waals surface area contributed by atoms with Crippen molar-refractivity contribution in [3.05, 3.63) is 29.8 Å². The molecule has 0 aliphatic heterocycles. The molecule has 0 aliphatic carbocycles. The van der Waals surface area contributed by atoms with Crippen molar-refractivity contribution in [2.45, 2.75) is 19.9 Å². The molecule has 0 heterocycles. The maximum absolute atomic E-state index is 12.1. The highest BCUT2D eigenvalue weighted by Gasteiger charge is 2.22. The van der Waals surface area contributed by atoms with Crippen LogP contribution in [0.4, 0.5) is 0 Å². The smallest absolute Gasteiger partial charge is 0.152 e. The summed E-state index contributed by atoms with van der Waals surface area (Å²) in [5, 5.41) is 3.06. The number of rotatable bonds is 7. The molecular weight excluding hydrogens is 262 g/mol. The fourth-order valence-corrected chi connectivity index (χ4v) is 4.12. The Kier molecular flexibility index (Phi) is 5.82. The van der Waals surface area contributed by atoms with E-state index in [1.165, 1.54) is 0 Å². The van der Waals surface area contributed by atoms with E-state index >= 15 is 0 Å². The second-order valence-electron chi connectivity index (χ2n) is 5.05. The van der Waals surface area contributed by atoms with Crippen molar-refractivity contribution in [2.75, 3.05) is 25.7 Å². The second kappa shape index (κ2) is 6.91. The second-order valence-corrected chi connectivity index (χ2v) is 7.21. The Hall–Kier alpha value is -1.07. The summed E-state index contributed by atoms with van der Waals surface area (Å²) in [6.45, 7) is 3.82. The minimum Gasteiger partial charge on any atom is -0.496 e. The van der Waals surface area contributed by atoms with Gasteiger partial charge in [0.2, 0.25) is 0 Å². The predicted octanol–water partition coefficient (Wildman–Crippen LogP) is 2.03. The van der Waals surface area contributed by atoms with Crippen LogP contribution in [-0.2, 0) is 9.84 Å². The fourth-order valence-electron chi connectivity index (χ4n) is 2.11.